The summed E-state index contributed by atoms with van der Waals surface area (Å²) in [4.78, 5) is 0. The normalized spacial score (nSPS) is 12.1. The maximum atomic E-state index is 2.46. The lowest BCUT2D eigenvalue weighted by atomic mass is 9.97. The summed E-state index contributed by atoms with van der Waals surface area (Å²) >= 11 is 3.77. The van der Waals surface area contributed by atoms with Crippen molar-refractivity contribution < 1.29 is 0 Å². The van der Waals surface area contributed by atoms with Crippen molar-refractivity contribution in [3.8, 4) is 33.6 Å². The molecular formula is C54H32N2S2. The zero-order valence-corrected chi connectivity index (χ0v) is 32.8. The van der Waals surface area contributed by atoms with Crippen molar-refractivity contribution in [2.75, 3.05) is 0 Å². The number of para-hydroxylation sites is 3. The molecule has 9 aromatic carbocycles. The van der Waals surface area contributed by atoms with Crippen LogP contribution >= 0.6 is 22.7 Å². The molecule has 0 aliphatic carbocycles. The highest BCUT2D eigenvalue weighted by molar-refractivity contribution is 7.27. The van der Waals surface area contributed by atoms with Crippen LogP contribution in [0.25, 0.3) is 118 Å². The van der Waals surface area contributed by atoms with E-state index in [0.717, 1.165) is 5.69 Å². The van der Waals surface area contributed by atoms with Crippen LogP contribution in [0, 0.1) is 0 Å². The molecule has 0 amide bonds. The molecule has 4 heterocycles. The third kappa shape index (κ3) is 4.64. The molecule has 0 spiro atoms. The first-order valence-electron chi connectivity index (χ1n) is 19.7. The summed E-state index contributed by atoms with van der Waals surface area (Å²) in [5.41, 5.74) is 12.1. The summed E-state index contributed by atoms with van der Waals surface area (Å²) in [6, 6.07) is 71.8. The molecule has 58 heavy (non-hydrogen) atoms. The van der Waals surface area contributed by atoms with E-state index in [1.54, 1.807) is 0 Å². The van der Waals surface area contributed by atoms with Crippen molar-refractivity contribution in [2.45, 2.75) is 0 Å². The molecule has 0 N–H and O–H groups in total. The van der Waals surface area contributed by atoms with Crippen LogP contribution in [0.3, 0.4) is 0 Å². The SMILES string of the molecule is c1cc(-c2cccc(-n3c4ccccc4c4c5sc6ccc(-n7c8ccccc8c8ccccc87)cc6c5ccc43)c2)cc(-c2ccc3sc4ccccc4c3c2)c1. The molecule has 0 aliphatic heterocycles. The lowest BCUT2D eigenvalue weighted by Crippen LogP contribution is -1.94. The maximum absolute atomic E-state index is 2.46. The van der Waals surface area contributed by atoms with E-state index < -0.39 is 0 Å². The van der Waals surface area contributed by atoms with Crippen molar-refractivity contribution in [3.63, 3.8) is 0 Å². The number of benzene rings is 9. The van der Waals surface area contributed by atoms with E-state index in [0.29, 0.717) is 0 Å². The Labute approximate surface area is 341 Å². The fourth-order valence-electron chi connectivity index (χ4n) is 9.50. The van der Waals surface area contributed by atoms with Crippen LogP contribution in [0.15, 0.2) is 194 Å². The predicted molar refractivity (Wildman–Crippen MR) is 252 cm³/mol. The van der Waals surface area contributed by atoms with Gasteiger partial charge in [-0.2, -0.15) is 0 Å². The van der Waals surface area contributed by atoms with E-state index in [-0.39, 0.29) is 0 Å². The van der Waals surface area contributed by atoms with Gasteiger partial charge in [-0.1, -0.05) is 115 Å². The van der Waals surface area contributed by atoms with Gasteiger partial charge in [-0.25, -0.2) is 0 Å². The standard InChI is InChI=1S/C54H32N2S2/c1-5-19-46-39(15-1)40-16-2-6-20-47(40)55(46)38-24-28-52-45(32-38)42-25-26-49-53(54(42)58-52)43-18-3-7-21-48(43)56(49)37-14-10-13-35(30-37)33-11-9-12-34(29-33)36-23-27-51-44(31-36)41-17-4-8-22-50(41)57-51/h1-32H. The van der Waals surface area contributed by atoms with Gasteiger partial charge in [0.2, 0.25) is 0 Å². The molecule has 270 valence electrons. The van der Waals surface area contributed by atoms with Crippen molar-refractivity contribution in [1.29, 1.82) is 0 Å². The Morgan fingerprint density at radius 2 is 0.810 bits per heavy atom. The van der Waals surface area contributed by atoms with E-state index in [1.807, 2.05) is 22.7 Å². The summed E-state index contributed by atoms with van der Waals surface area (Å²) in [5, 5.41) is 10.4. The second-order valence-corrected chi connectivity index (χ2v) is 17.4. The minimum atomic E-state index is 1.16. The van der Waals surface area contributed by atoms with Gasteiger partial charge in [0.05, 0.1) is 22.1 Å². The Bertz CT molecular complexity index is 3760. The topological polar surface area (TPSA) is 9.86 Å². The first-order chi connectivity index (χ1) is 28.7. The van der Waals surface area contributed by atoms with Gasteiger partial charge in [-0.05, 0) is 101 Å². The van der Waals surface area contributed by atoms with Gasteiger partial charge < -0.3 is 9.13 Å². The lowest BCUT2D eigenvalue weighted by molar-refractivity contribution is 1.18. The zero-order valence-electron chi connectivity index (χ0n) is 31.2. The molecule has 0 bridgehead atoms. The molecule has 0 radical (unpaired) electrons. The van der Waals surface area contributed by atoms with E-state index >= 15 is 0 Å². The number of aromatic nitrogens is 2. The quantitative estimate of drug-likeness (QED) is 0.169. The average molecular weight is 773 g/mol. The number of hydrogen-bond donors (Lipinski definition) is 0. The molecule has 0 aliphatic rings. The molecule has 0 fully saturated rings. The fourth-order valence-corrected chi connectivity index (χ4v) is 11.8. The monoisotopic (exact) mass is 772 g/mol. The third-order valence-electron chi connectivity index (χ3n) is 12.1. The first kappa shape index (κ1) is 32.1. The van der Waals surface area contributed by atoms with Gasteiger partial charge in [-0.15, -0.1) is 22.7 Å². The summed E-state index contributed by atoms with van der Waals surface area (Å²) in [5.74, 6) is 0. The lowest BCUT2D eigenvalue weighted by Gasteiger charge is -2.11. The van der Waals surface area contributed by atoms with E-state index in [2.05, 4.69) is 203 Å². The molecule has 2 nitrogen and oxygen atoms in total. The third-order valence-corrected chi connectivity index (χ3v) is 14.5. The van der Waals surface area contributed by atoms with Gasteiger partial charge in [0.15, 0.2) is 0 Å². The number of nitrogens with zero attached hydrogens (tertiary/aromatic N) is 2. The van der Waals surface area contributed by atoms with Crippen LogP contribution in [0.4, 0.5) is 0 Å². The minimum Gasteiger partial charge on any atom is -0.309 e. The largest absolute Gasteiger partial charge is 0.309 e. The number of fused-ring (bicyclic) bond motifs is 13. The predicted octanol–water partition coefficient (Wildman–Crippen LogP) is 16.0. The highest BCUT2D eigenvalue weighted by Gasteiger charge is 2.19. The number of rotatable bonds is 4. The van der Waals surface area contributed by atoms with Crippen LogP contribution in [0.5, 0.6) is 0 Å². The maximum Gasteiger partial charge on any atom is 0.0555 e. The van der Waals surface area contributed by atoms with Crippen molar-refractivity contribution >= 4 is 107 Å². The summed E-state index contributed by atoms with van der Waals surface area (Å²) in [6.45, 7) is 0. The van der Waals surface area contributed by atoms with Crippen LogP contribution in [-0.4, -0.2) is 9.13 Å². The molecule has 0 saturated heterocycles. The zero-order chi connectivity index (χ0) is 37.9. The summed E-state index contributed by atoms with van der Waals surface area (Å²) in [7, 11) is 0. The van der Waals surface area contributed by atoms with E-state index in [1.165, 1.54) is 112 Å². The van der Waals surface area contributed by atoms with Gasteiger partial charge in [0, 0.05) is 73.3 Å². The van der Waals surface area contributed by atoms with Gasteiger partial charge in [-0.3, -0.25) is 0 Å². The summed E-state index contributed by atoms with van der Waals surface area (Å²) < 4.78 is 10.2. The Hall–Kier alpha value is -6.98. The van der Waals surface area contributed by atoms with E-state index in [4.69, 9.17) is 0 Å². The summed E-state index contributed by atoms with van der Waals surface area (Å²) in [6.07, 6.45) is 0. The first-order valence-corrected chi connectivity index (χ1v) is 21.4. The molecule has 0 unspecified atom stereocenters. The molecule has 4 heteroatoms. The average Bonchev–Trinajstić information content (AvgIpc) is 4.03. The second-order valence-electron chi connectivity index (χ2n) is 15.3. The highest BCUT2D eigenvalue weighted by atomic mass is 32.1. The van der Waals surface area contributed by atoms with Crippen LogP contribution < -0.4 is 0 Å². The minimum absolute atomic E-state index is 1.16. The highest BCUT2D eigenvalue weighted by Crippen LogP contribution is 2.45. The molecule has 0 saturated carbocycles. The van der Waals surface area contributed by atoms with Gasteiger partial charge in [0.1, 0.15) is 0 Å². The second kappa shape index (κ2) is 12.3. The molecule has 4 aromatic heterocycles. The number of thiophene rings is 2. The van der Waals surface area contributed by atoms with Crippen molar-refractivity contribution in [3.05, 3.63) is 194 Å². The Balaban J connectivity index is 0.951. The van der Waals surface area contributed by atoms with Crippen LogP contribution in [-0.2, 0) is 0 Å². The Morgan fingerprint density at radius 1 is 0.276 bits per heavy atom. The Morgan fingerprint density at radius 3 is 1.59 bits per heavy atom. The Kier molecular flexibility index (Phi) is 6.79. The van der Waals surface area contributed by atoms with Crippen LogP contribution in [0.1, 0.15) is 0 Å². The fraction of sp³-hybridized carbons (Fsp3) is 0. The van der Waals surface area contributed by atoms with E-state index in [9.17, 15) is 0 Å². The van der Waals surface area contributed by atoms with Gasteiger partial charge >= 0.3 is 0 Å². The van der Waals surface area contributed by atoms with Crippen molar-refractivity contribution in [1.82, 2.24) is 9.13 Å². The molecule has 13 aromatic rings. The number of hydrogen-bond acceptors (Lipinski definition) is 2. The van der Waals surface area contributed by atoms with Gasteiger partial charge in [0.25, 0.3) is 0 Å². The molecule has 13 rings (SSSR count). The molecular weight excluding hydrogens is 741 g/mol. The molecule has 0 atom stereocenters. The van der Waals surface area contributed by atoms with Crippen LogP contribution in [0.2, 0.25) is 0 Å². The smallest absolute Gasteiger partial charge is 0.0555 e. The van der Waals surface area contributed by atoms with Crippen molar-refractivity contribution in [2.24, 2.45) is 0 Å².